The molecule has 4 aliphatic carbocycles. The number of nitrogens with zero attached hydrogens (tertiary/aromatic N) is 12. The summed E-state index contributed by atoms with van der Waals surface area (Å²) in [6.07, 6.45) is 39.0. The fourth-order valence-corrected chi connectivity index (χ4v) is 21.2. The highest BCUT2D eigenvalue weighted by Crippen LogP contribution is 2.60. The largest absolute Gasteiger partial charge is 0.309 e. The standard InChI is InChI=1S/4C25H17N3/c1-2-6-19-15(4-1)11-21-20(19)12-17-10-16-5-3-8-27-25(16)28-23-7-9-26-14-18(23)13-22(21)24(17)28;1-2-5-18-15(4-1)10-20-19(18)11-16-13-22-24(6-3-8-27-22)28-23-7-9-26-14-17(23)12-21(20)25(16)28;1-2-4-19-15(3-1)10-21-20(19)11-16-9-17-13-26-7-5-23(17)28-24-6-8-27-14-18(24)12-22(21)25(16)28;1-2-4-19-15(3-1)10-21-20(19)11-17-9-16-5-7-27-14-24(16)28-23-6-8-26-13-18(23)12-22(21)25(17)28/h1-9,12,14H,10-11,13H2;1-9,11,14H,10,12-13H2;2*1-8,11,13-14H,9-10,12H2. The molecule has 16 aromatic rings. The Morgan fingerprint density at radius 1 is 0.188 bits per heavy atom. The summed E-state index contributed by atoms with van der Waals surface area (Å²) < 4.78 is 0. The average Bonchev–Trinajstić information content (AvgIpc) is 1.36. The van der Waals surface area contributed by atoms with E-state index < -0.39 is 0 Å². The van der Waals surface area contributed by atoms with Crippen LogP contribution in [0.2, 0.25) is 0 Å². The van der Waals surface area contributed by atoms with E-state index in [-0.39, 0.29) is 0 Å². The summed E-state index contributed by atoms with van der Waals surface area (Å²) in [6.45, 7) is 0. The summed E-state index contributed by atoms with van der Waals surface area (Å²) in [5.74, 6) is 1.07. The molecule has 0 radical (unpaired) electrons. The molecule has 8 aliphatic heterocycles. The molecular formula is C100H68N12. The second-order valence-electron chi connectivity index (χ2n) is 31.6. The number of benzene rings is 8. The number of anilines is 12. The zero-order chi connectivity index (χ0) is 73.0. The van der Waals surface area contributed by atoms with Gasteiger partial charge in [-0.3, -0.25) is 39.8 Å². The van der Waals surface area contributed by atoms with Crippen molar-refractivity contribution in [2.75, 3.05) is 19.6 Å². The molecule has 528 valence electrons. The summed E-state index contributed by atoms with van der Waals surface area (Å²) in [7, 11) is 0. The van der Waals surface area contributed by atoms with Crippen molar-refractivity contribution in [3.63, 3.8) is 0 Å². The van der Waals surface area contributed by atoms with Gasteiger partial charge in [-0.15, -0.1) is 0 Å². The number of hydrogen-bond donors (Lipinski definition) is 0. The first-order valence-corrected chi connectivity index (χ1v) is 39.2. The van der Waals surface area contributed by atoms with Gasteiger partial charge < -0.3 is 14.7 Å². The number of pyridine rings is 8. The first-order chi connectivity index (χ1) is 55.5. The second kappa shape index (κ2) is 23.8. The highest BCUT2D eigenvalue weighted by molar-refractivity contribution is 5.99. The smallest absolute Gasteiger partial charge is 0.141 e. The molecule has 0 saturated carbocycles. The predicted octanol–water partition coefficient (Wildman–Crippen LogP) is 21.3. The zero-order valence-corrected chi connectivity index (χ0v) is 61.3. The minimum Gasteiger partial charge on any atom is -0.309 e. The molecular weight excluding hydrogens is 1370 g/mol. The molecule has 0 fully saturated rings. The number of aromatic nitrogens is 8. The van der Waals surface area contributed by atoms with Crippen LogP contribution in [0.4, 0.5) is 68.4 Å². The van der Waals surface area contributed by atoms with Gasteiger partial charge in [-0.1, -0.05) is 103 Å². The molecule has 12 heteroatoms. The SMILES string of the molecule is c1ccc2c(c1)Cc1c-2cc2c3c1Cc1cnccc1N3c1cccnc1C2.c1ccc2c(c1)Cc1c-2cc2c3c1Cc1cnccc1N3c1ccncc1C2.c1ccc2c(c1)Cc1c-2cc2c3c1Cc1cnccc1N3c1cnccc1C2.c1ccc2c(c1)Cc1c-2cc2c3c1Cc1cnccc1N3c1ncccc1C2. The predicted molar refractivity (Wildman–Crippen MR) is 442 cm³/mol. The van der Waals surface area contributed by atoms with E-state index in [1.165, 1.54) is 235 Å². The minimum atomic E-state index is 0.894. The Balaban J connectivity index is 0.0000000847. The molecule has 0 amide bonds. The fraction of sp³-hybridized carbons (Fsp3) is 0.120. The van der Waals surface area contributed by atoms with E-state index in [4.69, 9.17) is 9.97 Å². The highest BCUT2D eigenvalue weighted by Gasteiger charge is 2.42. The molecule has 112 heavy (non-hydrogen) atoms. The van der Waals surface area contributed by atoms with Crippen LogP contribution in [0.15, 0.2) is 269 Å². The van der Waals surface area contributed by atoms with E-state index in [1.807, 2.05) is 98.9 Å². The Hall–Kier alpha value is -13.8. The highest BCUT2D eigenvalue weighted by atomic mass is 15.2. The summed E-state index contributed by atoms with van der Waals surface area (Å²) in [5.41, 5.74) is 58.9. The molecule has 12 nitrogen and oxygen atoms in total. The van der Waals surface area contributed by atoms with Crippen LogP contribution >= 0.6 is 0 Å². The Bertz CT molecular complexity index is 5990. The average molecular weight is 1440 g/mol. The van der Waals surface area contributed by atoms with E-state index in [0.717, 1.165) is 88.6 Å². The lowest BCUT2D eigenvalue weighted by Crippen LogP contribution is -2.26. The molecule has 12 aliphatic rings. The van der Waals surface area contributed by atoms with Gasteiger partial charge in [-0.05, 0) is 277 Å². The molecule has 0 unspecified atom stereocenters. The normalized spacial score (nSPS) is 14.6. The molecule has 8 aromatic carbocycles. The molecule has 28 rings (SSSR count). The Morgan fingerprint density at radius 2 is 0.500 bits per heavy atom. The van der Waals surface area contributed by atoms with Gasteiger partial charge in [0.25, 0.3) is 0 Å². The fourth-order valence-electron chi connectivity index (χ4n) is 21.2. The topological polar surface area (TPSA) is 116 Å². The van der Waals surface area contributed by atoms with Gasteiger partial charge in [0.05, 0.1) is 74.5 Å². The molecule has 0 atom stereocenters. The van der Waals surface area contributed by atoms with Crippen LogP contribution in [-0.2, 0) is 77.0 Å². The quantitative estimate of drug-likeness (QED) is 0.144. The van der Waals surface area contributed by atoms with Gasteiger partial charge in [0.1, 0.15) is 5.82 Å². The monoisotopic (exact) mass is 1440 g/mol. The first kappa shape index (κ1) is 62.1. The molecule has 8 aromatic heterocycles. The molecule has 0 bridgehead atoms. The second-order valence-corrected chi connectivity index (χ2v) is 31.6. The first-order valence-electron chi connectivity index (χ1n) is 39.2. The molecule has 0 spiro atoms. The lowest BCUT2D eigenvalue weighted by molar-refractivity contribution is 0.955. The van der Waals surface area contributed by atoms with Crippen LogP contribution in [0.1, 0.15) is 134 Å². The van der Waals surface area contributed by atoms with E-state index in [0.29, 0.717) is 0 Å². The van der Waals surface area contributed by atoms with Crippen molar-refractivity contribution in [2.24, 2.45) is 0 Å². The molecule has 16 heterocycles. The van der Waals surface area contributed by atoms with Gasteiger partial charge in [0, 0.05) is 132 Å². The number of fused-ring (bicyclic) bond motifs is 32. The Labute approximate surface area is 647 Å². The van der Waals surface area contributed by atoms with Gasteiger partial charge in [-0.2, -0.15) is 0 Å². The molecule has 0 saturated heterocycles. The zero-order valence-electron chi connectivity index (χ0n) is 61.3. The van der Waals surface area contributed by atoms with Crippen molar-refractivity contribution in [2.45, 2.75) is 77.0 Å². The Kier molecular flexibility index (Phi) is 13.2. The van der Waals surface area contributed by atoms with Crippen molar-refractivity contribution in [3.8, 4) is 44.5 Å². The van der Waals surface area contributed by atoms with Gasteiger partial charge >= 0.3 is 0 Å². The van der Waals surface area contributed by atoms with Crippen molar-refractivity contribution in [1.29, 1.82) is 0 Å². The van der Waals surface area contributed by atoms with Crippen molar-refractivity contribution >= 4 is 68.4 Å². The van der Waals surface area contributed by atoms with Crippen LogP contribution in [-0.4, -0.2) is 39.9 Å². The van der Waals surface area contributed by atoms with Crippen LogP contribution < -0.4 is 19.6 Å². The third-order valence-corrected chi connectivity index (χ3v) is 25.9. The van der Waals surface area contributed by atoms with Crippen LogP contribution in [0.5, 0.6) is 0 Å². The third kappa shape index (κ3) is 9.05. The van der Waals surface area contributed by atoms with Gasteiger partial charge in [-0.25, -0.2) is 4.98 Å². The van der Waals surface area contributed by atoms with Crippen LogP contribution in [0.3, 0.4) is 0 Å². The van der Waals surface area contributed by atoms with E-state index in [1.54, 1.807) is 0 Å². The van der Waals surface area contributed by atoms with E-state index in [2.05, 4.69) is 219 Å². The summed E-state index contributed by atoms with van der Waals surface area (Å²) in [5, 5.41) is 0. The van der Waals surface area contributed by atoms with Crippen molar-refractivity contribution in [3.05, 3.63) is 402 Å². The van der Waals surface area contributed by atoms with Crippen LogP contribution in [0.25, 0.3) is 44.5 Å². The van der Waals surface area contributed by atoms with Crippen LogP contribution in [0, 0.1) is 0 Å². The minimum absolute atomic E-state index is 0.894. The maximum Gasteiger partial charge on any atom is 0.141 e. The van der Waals surface area contributed by atoms with Crippen molar-refractivity contribution < 1.29 is 0 Å². The summed E-state index contributed by atoms with van der Waals surface area (Å²) >= 11 is 0. The lowest BCUT2D eigenvalue weighted by atomic mass is 9.83. The summed E-state index contributed by atoms with van der Waals surface area (Å²) in [6, 6.07) is 66.6. The third-order valence-electron chi connectivity index (χ3n) is 25.9. The maximum atomic E-state index is 4.78. The number of hydrogen-bond acceptors (Lipinski definition) is 12. The Morgan fingerprint density at radius 3 is 0.946 bits per heavy atom. The summed E-state index contributed by atoms with van der Waals surface area (Å²) in [4.78, 5) is 45.8. The van der Waals surface area contributed by atoms with E-state index >= 15 is 0 Å². The van der Waals surface area contributed by atoms with Gasteiger partial charge in [0.2, 0.25) is 0 Å². The number of rotatable bonds is 0. The van der Waals surface area contributed by atoms with Gasteiger partial charge in [0.15, 0.2) is 0 Å². The molecule has 0 N–H and O–H groups in total. The van der Waals surface area contributed by atoms with Crippen molar-refractivity contribution in [1.82, 2.24) is 39.9 Å². The van der Waals surface area contributed by atoms with E-state index in [9.17, 15) is 0 Å². The maximum absolute atomic E-state index is 4.78. The lowest BCUT2D eigenvalue weighted by Gasteiger charge is -2.40.